The topological polar surface area (TPSA) is 42.7 Å². The van der Waals surface area contributed by atoms with Gasteiger partial charge >= 0.3 is 0 Å². The van der Waals surface area contributed by atoms with Crippen LogP contribution in [-0.4, -0.2) is 14.8 Å². The molecule has 6 heteroatoms. The van der Waals surface area contributed by atoms with Crippen molar-refractivity contribution < 1.29 is 0 Å². The van der Waals surface area contributed by atoms with Gasteiger partial charge in [-0.15, -0.1) is 0 Å². The second kappa shape index (κ2) is 6.13. The van der Waals surface area contributed by atoms with Crippen LogP contribution in [0, 0.1) is 3.57 Å². The summed E-state index contributed by atoms with van der Waals surface area (Å²) in [5.41, 5.74) is 2.41. The van der Waals surface area contributed by atoms with E-state index < -0.39 is 0 Å². The molecule has 0 amide bonds. The van der Waals surface area contributed by atoms with Crippen molar-refractivity contribution in [3.05, 3.63) is 74.6 Å². The fourth-order valence-corrected chi connectivity index (χ4v) is 3.58. The van der Waals surface area contributed by atoms with E-state index in [1.165, 1.54) is 9.13 Å². The highest BCUT2D eigenvalue weighted by atomic mass is 127. The van der Waals surface area contributed by atoms with Crippen LogP contribution in [-0.2, 0) is 0 Å². The van der Waals surface area contributed by atoms with Gasteiger partial charge in [0.2, 0.25) is 5.95 Å². The van der Waals surface area contributed by atoms with Crippen LogP contribution < -0.4 is 5.32 Å². The Bertz CT molecular complexity index is 831. The van der Waals surface area contributed by atoms with Crippen molar-refractivity contribution in [2.45, 2.75) is 18.5 Å². The lowest BCUT2D eigenvalue weighted by Gasteiger charge is -2.32. The van der Waals surface area contributed by atoms with Crippen molar-refractivity contribution in [2.75, 3.05) is 5.32 Å². The van der Waals surface area contributed by atoms with Crippen LogP contribution in [0.25, 0.3) is 0 Å². The van der Waals surface area contributed by atoms with Crippen LogP contribution >= 0.6 is 34.2 Å². The van der Waals surface area contributed by atoms with E-state index in [1.54, 1.807) is 6.33 Å². The lowest BCUT2D eigenvalue weighted by atomic mass is 9.93. The molecule has 1 aliphatic heterocycles. The Hall–Kier alpha value is -1.60. The van der Waals surface area contributed by atoms with Crippen molar-refractivity contribution in [3.63, 3.8) is 0 Å². The van der Waals surface area contributed by atoms with Crippen LogP contribution in [0.4, 0.5) is 5.95 Å². The van der Waals surface area contributed by atoms with E-state index in [1.807, 2.05) is 22.9 Å². The number of aromatic nitrogens is 3. The Morgan fingerprint density at radius 3 is 2.74 bits per heavy atom. The van der Waals surface area contributed by atoms with Crippen molar-refractivity contribution in [1.29, 1.82) is 0 Å². The van der Waals surface area contributed by atoms with Crippen molar-refractivity contribution in [2.24, 2.45) is 0 Å². The third-order valence-electron chi connectivity index (χ3n) is 4.14. The minimum absolute atomic E-state index is 0.122. The Morgan fingerprint density at radius 2 is 1.96 bits per heavy atom. The molecule has 1 N–H and O–H groups in total. The monoisotopic (exact) mass is 436 g/mol. The molecule has 3 aromatic rings. The van der Waals surface area contributed by atoms with Gasteiger partial charge in [0.25, 0.3) is 0 Å². The van der Waals surface area contributed by atoms with Crippen molar-refractivity contribution in [1.82, 2.24) is 14.8 Å². The molecule has 4 nitrogen and oxygen atoms in total. The first-order chi connectivity index (χ1) is 11.2. The third kappa shape index (κ3) is 2.95. The second-order valence-corrected chi connectivity index (χ2v) is 7.27. The smallest absolute Gasteiger partial charge is 0.222 e. The van der Waals surface area contributed by atoms with Crippen LogP contribution in [0.5, 0.6) is 0 Å². The summed E-state index contributed by atoms with van der Waals surface area (Å²) < 4.78 is 3.17. The molecule has 4 rings (SSSR count). The highest BCUT2D eigenvalue weighted by Gasteiger charge is 2.29. The molecule has 0 radical (unpaired) electrons. The number of hydrogen-bond acceptors (Lipinski definition) is 3. The summed E-state index contributed by atoms with van der Waals surface area (Å²) >= 11 is 8.50. The fraction of sp³-hybridized carbons (Fsp3) is 0.176. The number of nitrogens with zero attached hydrogens (tertiary/aromatic N) is 3. The number of halogens is 2. The molecule has 0 saturated heterocycles. The van der Waals surface area contributed by atoms with E-state index >= 15 is 0 Å². The van der Waals surface area contributed by atoms with E-state index in [-0.39, 0.29) is 12.1 Å². The molecule has 116 valence electrons. The zero-order chi connectivity index (χ0) is 15.8. The second-order valence-electron chi connectivity index (χ2n) is 5.58. The van der Waals surface area contributed by atoms with Gasteiger partial charge in [-0.05, 0) is 64.4 Å². The Morgan fingerprint density at radius 1 is 1.13 bits per heavy atom. The first kappa shape index (κ1) is 15.0. The van der Waals surface area contributed by atoms with Crippen LogP contribution in [0.3, 0.4) is 0 Å². The maximum absolute atomic E-state index is 6.17. The Balaban J connectivity index is 1.73. The molecule has 0 saturated carbocycles. The summed E-state index contributed by atoms with van der Waals surface area (Å²) in [5, 5.41) is 8.61. The normalized spacial score (nSPS) is 19.9. The predicted molar refractivity (Wildman–Crippen MR) is 99.8 cm³/mol. The predicted octanol–water partition coefficient (Wildman–Crippen LogP) is 4.68. The number of anilines is 1. The summed E-state index contributed by atoms with van der Waals surface area (Å²) in [6.07, 6.45) is 2.49. The Kier molecular flexibility index (Phi) is 3.98. The van der Waals surface area contributed by atoms with Crippen LogP contribution in [0.15, 0.2) is 54.9 Å². The fourth-order valence-electron chi connectivity index (χ4n) is 3.02. The van der Waals surface area contributed by atoms with Gasteiger partial charge in [-0.25, -0.2) is 4.68 Å². The molecule has 2 atom stereocenters. The lowest BCUT2D eigenvalue weighted by molar-refractivity contribution is 0.431. The first-order valence-corrected chi connectivity index (χ1v) is 8.83. The molecule has 0 spiro atoms. The highest BCUT2D eigenvalue weighted by molar-refractivity contribution is 14.1. The summed E-state index contributed by atoms with van der Waals surface area (Å²) in [6, 6.07) is 16.9. The molecule has 2 heterocycles. The van der Waals surface area contributed by atoms with Crippen molar-refractivity contribution in [3.8, 4) is 0 Å². The van der Waals surface area contributed by atoms with Crippen LogP contribution in [0.1, 0.15) is 29.6 Å². The molecular weight excluding hydrogens is 423 g/mol. The zero-order valence-electron chi connectivity index (χ0n) is 12.2. The average Bonchev–Trinajstić information content (AvgIpc) is 3.03. The molecule has 0 fully saturated rings. The highest BCUT2D eigenvalue weighted by Crippen LogP contribution is 2.37. The van der Waals surface area contributed by atoms with Crippen molar-refractivity contribution >= 4 is 40.1 Å². The number of fused-ring (bicyclic) bond motifs is 1. The molecule has 0 aliphatic carbocycles. The maximum Gasteiger partial charge on any atom is 0.222 e. The van der Waals surface area contributed by atoms with E-state index in [0.29, 0.717) is 0 Å². The molecule has 1 aromatic heterocycles. The van der Waals surface area contributed by atoms with E-state index in [2.05, 4.69) is 68.3 Å². The molecule has 23 heavy (non-hydrogen) atoms. The molecule has 2 aromatic carbocycles. The van der Waals surface area contributed by atoms with Gasteiger partial charge in [0.15, 0.2) is 0 Å². The summed E-state index contributed by atoms with van der Waals surface area (Å²) in [7, 11) is 0. The number of rotatable bonds is 2. The molecule has 0 unspecified atom stereocenters. The first-order valence-electron chi connectivity index (χ1n) is 7.38. The SMILES string of the molecule is Clc1cccc([C@H]2C[C@@H](c3ccc(I)cc3)Nc3ncnn32)c1. The number of nitrogens with one attached hydrogen (secondary N) is 1. The van der Waals surface area contributed by atoms with Gasteiger partial charge in [-0.1, -0.05) is 35.9 Å². The van der Waals surface area contributed by atoms with E-state index in [9.17, 15) is 0 Å². The minimum atomic E-state index is 0.122. The van der Waals surface area contributed by atoms with Gasteiger partial charge in [-0.2, -0.15) is 10.1 Å². The largest absolute Gasteiger partial charge is 0.348 e. The molecule has 0 bridgehead atoms. The van der Waals surface area contributed by atoms with Gasteiger partial charge < -0.3 is 5.32 Å². The third-order valence-corrected chi connectivity index (χ3v) is 5.09. The van der Waals surface area contributed by atoms with Gasteiger partial charge in [0.1, 0.15) is 6.33 Å². The zero-order valence-corrected chi connectivity index (χ0v) is 15.1. The molecular formula is C17H14ClIN4. The van der Waals surface area contributed by atoms with Crippen LogP contribution in [0.2, 0.25) is 5.02 Å². The van der Waals surface area contributed by atoms with E-state index in [0.717, 1.165) is 23.0 Å². The Labute approximate surface area is 153 Å². The van der Waals surface area contributed by atoms with E-state index in [4.69, 9.17) is 11.6 Å². The number of benzene rings is 2. The summed E-state index contributed by atoms with van der Waals surface area (Å²) in [6.45, 7) is 0. The van der Waals surface area contributed by atoms with Gasteiger partial charge in [0.05, 0.1) is 12.1 Å². The summed E-state index contributed by atoms with van der Waals surface area (Å²) in [4.78, 5) is 4.35. The quantitative estimate of drug-likeness (QED) is 0.593. The summed E-state index contributed by atoms with van der Waals surface area (Å²) in [5.74, 6) is 0.796. The minimum Gasteiger partial charge on any atom is -0.348 e. The standard InChI is InChI=1S/C17H14ClIN4/c18-13-3-1-2-12(8-13)16-9-15(11-4-6-14(19)7-5-11)22-17-20-10-21-23(16)17/h1-8,10,15-16H,9H2,(H,20,21,22)/t15-,16+/m0/s1. The molecule has 1 aliphatic rings. The lowest BCUT2D eigenvalue weighted by Crippen LogP contribution is -2.28. The van der Waals surface area contributed by atoms with Gasteiger partial charge in [-0.3, -0.25) is 0 Å². The number of hydrogen-bond donors (Lipinski definition) is 1. The van der Waals surface area contributed by atoms with Gasteiger partial charge in [0, 0.05) is 8.59 Å². The average molecular weight is 437 g/mol. The maximum atomic E-state index is 6.17.